The van der Waals surface area contributed by atoms with E-state index < -0.39 is 32.0 Å². The Labute approximate surface area is 416 Å². The summed E-state index contributed by atoms with van der Waals surface area (Å²) in [6.07, 6.45) is 0. The molecular formula is C62H100P2Si2. The second kappa shape index (κ2) is 21.5. The van der Waals surface area contributed by atoms with Crippen LogP contribution in [0.25, 0.3) is 0 Å². The molecule has 0 saturated carbocycles. The molecule has 2 aromatic rings. The highest BCUT2D eigenvalue weighted by Crippen LogP contribution is 2.48. The van der Waals surface area contributed by atoms with E-state index in [0.717, 1.165) is 0 Å². The Hall–Kier alpha value is -2.03. The third-order valence-corrected chi connectivity index (χ3v) is 30.7. The summed E-state index contributed by atoms with van der Waals surface area (Å²) in [4.78, 5) is 0. The summed E-state index contributed by atoms with van der Waals surface area (Å²) < 4.78 is 0. The molecule has 0 amide bonds. The lowest BCUT2D eigenvalue weighted by molar-refractivity contribution is 0.553. The second-order valence-corrected chi connectivity index (χ2v) is 42.0. The van der Waals surface area contributed by atoms with Crippen LogP contribution < -0.4 is 10.6 Å². The molecule has 0 bridgehead atoms. The minimum absolute atomic E-state index is 0.00136. The van der Waals surface area contributed by atoms with Crippen LogP contribution in [0.4, 0.5) is 0 Å². The summed E-state index contributed by atoms with van der Waals surface area (Å²) in [5, 5.41) is 2.70. The highest BCUT2D eigenvalue weighted by molar-refractivity contribution is 7.76. The molecular weight excluding hydrogens is 863 g/mol. The standard InChI is InChI=1S/C62H100P2Si2/c1-43(2)65(44(3)4,45(5)6)37-35-63(55-51(59(19,20)21)39-49(57(13,14)15)40-52(55)60(22,23)24)33-31-32-34-64(36-38-66(46(7)8,47(9)10)48(11)12)56-53(61(25,26)27)41-50(58(16,17)18)42-54(56)62(28,29)30/h39-48H,1-30H3. The summed E-state index contributed by atoms with van der Waals surface area (Å²) in [5.74, 6) is 7.24. The van der Waals surface area contributed by atoms with Gasteiger partial charge in [-0.1, -0.05) is 243 Å². The first kappa shape index (κ1) is 60.1. The molecule has 0 heterocycles. The smallest absolute Gasteiger partial charge is 0.125 e. The highest BCUT2D eigenvalue weighted by Gasteiger charge is 2.44. The van der Waals surface area contributed by atoms with Crippen molar-refractivity contribution in [2.24, 2.45) is 0 Å². The van der Waals surface area contributed by atoms with E-state index in [1.54, 1.807) is 0 Å². The van der Waals surface area contributed by atoms with Gasteiger partial charge >= 0.3 is 0 Å². The van der Waals surface area contributed by atoms with Crippen molar-refractivity contribution in [1.82, 2.24) is 0 Å². The van der Waals surface area contributed by atoms with Crippen LogP contribution in [0, 0.1) is 45.6 Å². The largest absolute Gasteiger partial charge is 0.146 e. The second-order valence-electron chi connectivity index (χ2n) is 27.8. The summed E-state index contributed by atoms with van der Waals surface area (Å²) in [6, 6.07) is 10.00. The number of hydrogen-bond acceptors (Lipinski definition) is 0. The van der Waals surface area contributed by atoms with Crippen molar-refractivity contribution in [3.8, 4) is 45.6 Å². The first-order chi connectivity index (χ1) is 29.5. The fourth-order valence-corrected chi connectivity index (χ4v) is 26.2. The van der Waals surface area contributed by atoms with Crippen molar-refractivity contribution >= 4 is 42.6 Å². The van der Waals surface area contributed by atoms with Gasteiger partial charge in [-0.05, 0) is 122 Å². The predicted octanol–water partition coefficient (Wildman–Crippen LogP) is 18.7. The van der Waals surface area contributed by atoms with Gasteiger partial charge in [0, 0.05) is 10.6 Å². The topological polar surface area (TPSA) is 0 Å². The molecule has 2 unspecified atom stereocenters. The van der Waals surface area contributed by atoms with Crippen LogP contribution in [0.5, 0.6) is 0 Å². The molecule has 0 saturated heterocycles. The quantitative estimate of drug-likeness (QED) is 0.141. The lowest BCUT2D eigenvalue weighted by Gasteiger charge is -2.38. The van der Waals surface area contributed by atoms with Crippen LogP contribution in [-0.4, -0.2) is 16.1 Å². The predicted molar refractivity (Wildman–Crippen MR) is 311 cm³/mol. The van der Waals surface area contributed by atoms with Crippen molar-refractivity contribution in [3.63, 3.8) is 0 Å². The minimum Gasteiger partial charge on any atom is -0.125 e. The van der Waals surface area contributed by atoms with E-state index in [-0.39, 0.29) is 32.5 Å². The average molecular weight is 964 g/mol. The van der Waals surface area contributed by atoms with E-state index in [1.165, 1.54) is 44.0 Å². The van der Waals surface area contributed by atoms with E-state index in [4.69, 9.17) is 0 Å². The Morgan fingerprint density at radius 1 is 0.318 bits per heavy atom. The zero-order valence-electron chi connectivity index (χ0n) is 48.7. The molecule has 66 heavy (non-hydrogen) atoms. The molecule has 0 aromatic heterocycles. The summed E-state index contributed by atoms with van der Waals surface area (Å²) in [7, 11) is -6.63. The van der Waals surface area contributed by atoms with Gasteiger partial charge in [0.1, 0.15) is 16.1 Å². The maximum absolute atomic E-state index is 4.20. The molecule has 0 radical (unpaired) electrons. The Bertz CT molecular complexity index is 1980. The first-order valence-electron chi connectivity index (χ1n) is 25.6. The third kappa shape index (κ3) is 13.9. The van der Waals surface area contributed by atoms with Crippen LogP contribution in [0.15, 0.2) is 24.3 Å². The zero-order valence-corrected chi connectivity index (χ0v) is 52.5. The number of hydrogen-bond donors (Lipinski definition) is 0. The molecule has 0 aliphatic carbocycles. The van der Waals surface area contributed by atoms with Crippen molar-refractivity contribution in [2.75, 3.05) is 0 Å². The van der Waals surface area contributed by atoms with Gasteiger partial charge in [-0.15, -0.1) is 11.1 Å². The number of rotatable bonds is 8. The van der Waals surface area contributed by atoms with Gasteiger partial charge < -0.3 is 0 Å². The summed E-state index contributed by atoms with van der Waals surface area (Å²) in [5.41, 5.74) is 35.5. The molecule has 2 atom stereocenters. The monoisotopic (exact) mass is 963 g/mol. The summed E-state index contributed by atoms with van der Waals surface area (Å²) in [6.45, 7) is 71.6. The van der Waals surface area contributed by atoms with Gasteiger partial charge in [-0.25, -0.2) is 0 Å². The molecule has 0 aliphatic heterocycles. The van der Waals surface area contributed by atoms with Crippen LogP contribution in [0.2, 0.25) is 33.2 Å². The van der Waals surface area contributed by atoms with Crippen molar-refractivity contribution in [2.45, 2.75) is 273 Å². The van der Waals surface area contributed by atoms with Crippen LogP contribution in [0.3, 0.4) is 0 Å². The molecule has 0 fully saturated rings. The third-order valence-electron chi connectivity index (χ3n) is 14.5. The van der Waals surface area contributed by atoms with Gasteiger partial charge in [0.2, 0.25) is 0 Å². The highest BCUT2D eigenvalue weighted by atomic mass is 31.1. The van der Waals surface area contributed by atoms with Crippen LogP contribution in [-0.2, 0) is 32.5 Å². The molecule has 2 aromatic carbocycles. The van der Waals surface area contributed by atoms with Gasteiger partial charge in [-0.3, -0.25) is 0 Å². The molecule has 0 aliphatic rings. The normalized spacial score (nSPS) is 14.4. The van der Waals surface area contributed by atoms with E-state index >= 15 is 0 Å². The fourth-order valence-electron chi connectivity index (χ4n) is 10.5. The Balaban J connectivity index is 3.49. The lowest BCUT2D eigenvalue weighted by atomic mass is 9.75. The van der Waals surface area contributed by atoms with Gasteiger partial charge in [0.15, 0.2) is 0 Å². The first-order valence-corrected chi connectivity index (χ1v) is 32.7. The maximum atomic E-state index is 4.20. The Morgan fingerprint density at radius 2 is 0.515 bits per heavy atom. The SMILES string of the molecule is CC(C)[Si](C#CP(C#CC#CP(C#C[Si](C(C)C)(C(C)C)C(C)C)c1c(C(C)(C)C)cc(C(C)(C)C)cc1C(C)(C)C)c1c(C(C)(C)C)cc(C(C)(C)C)cc1C(C)(C)C)(C(C)C)C(C)C. The van der Waals surface area contributed by atoms with Crippen molar-refractivity contribution in [1.29, 1.82) is 0 Å². The number of benzene rings is 2. The zero-order chi connectivity index (χ0) is 51.7. The van der Waals surface area contributed by atoms with Crippen LogP contribution in [0.1, 0.15) is 241 Å². The van der Waals surface area contributed by atoms with E-state index in [9.17, 15) is 0 Å². The molecule has 4 heteroatoms. The molecule has 366 valence electrons. The molecule has 0 spiro atoms. The molecule has 2 rings (SSSR count). The van der Waals surface area contributed by atoms with Gasteiger partial charge in [0.05, 0.1) is 15.8 Å². The van der Waals surface area contributed by atoms with Crippen molar-refractivity contribution < 1.29 is 0 Å². The maximum Gasteiger partial charge on any atom is 0.146 e. The molecule has 0 nitrogen and oxygen atoms in total. The summed E-state index contributed by atoms with van der Waals surface area (Å²) >= 11 is 0. The van der Waals surface area contributed by atoms with Gasteiger partial charge in [-0.2, -0.15) is 0 Å². The van der Waals surface area contributed by atoms with E-state index in [1.807, 2.05) is 0 Å². The van der Waals surface area contributed by atoms with E-state index in [2.05, 4.69) is 278 Å². The van der Waals surface area contributed by atoms with Crippen molar-refractivity contribution in [3.05, 3.63) is 57.6 Å². The average Bonchev–Trinajstić information content (AvgIpc) is 3.11. The lowest BCUT2D eigenvalue weighted by Crippen LogP contribution is -2.43. The van der Waals surface area contributed by atoms with Gasteiger partial charge in [0.25, 0.3) is 0 Å². The minimum atomic E-state index is -2.08. The fraction of sp³-hybridized carbons (Fsp3) is 0.677. The Morgan fingerprint density at radius 3 is 0.667 bits per heavy atom. The Kier molecular flexibility index (Phi) is 19.6. The van der Waals surface area contributed by atoms with Crippen LogP contribution >= 0.6 is 15.8 Å². The molecule has 0 N–H and O–H groups in total. The van der Waals surface area contributed by atoms with E-state index in [0.29, 0.717) is 33.2 Å².